The van der Waals surface area contributed by atoms with Gasteiger partial charge in [-0.3, -0.25) is 0 Å². The molecule has 1 aliphatic heterocycles. The highest BCUT2D eigenvalue weighted by Crippen LogP contribution is 2.21. The van der Waals surface area contributed by atoms with E-state index in [9.17, 15) is 0 Å². The van der Waals surface area contributed by atoms with Gasteiger partial charge in [0.15, 0.2) is 0 Å². The summed E-state index contributed by atoms with van der Waals surface area (Å²) in [5.74, 6) is 0. The maximum atomic E-state index is 5.98. The minimum absolute atomic E-state index is 0.275. The number of benzene rings is 1. The quantitative estimate of drug-likeness (QED) is 0.868. The Morgan fingerprint density at radius 1 is 1.39 bits per heavy atom. The zero-order valence-corrected chi connectivity index (χ0v) is 11.4. The van der Waals surface area contributed by atoms with Crippen LogP contribution in [0.2, 0.25) is 0 Å². The molecule has 0 spiro atoms. The van der Waals surface area contributed by atoms with Gasteiger partial charge in [-0.25, -0.2) is 0 Å². The van der Waals surface area contributed by atoms with Crippen molar-refractivity contribution in [3.05, 3.63) is 29.8 Å². The first-order chi connectivity index (χ1) is 8.70. The lowest BCUT2D eigenvalue weighted by molar-refractivity contribution is 0.193. The van der Waals surface area contributed by atoms with Gasteiger partial charge < -0.3 is 15.4 Å². The molecule has 2 N–H and O–H groups in total. The molecule has 0 bridgehead atoms. The van der Waals surface area contributed by atoms with Crippen LogP contribution in [0.4, 0.5) is 5.69 Å². The molecule has 18 heavy (non-hydrogen) atoms. The van der Waals surface area contributed by atoms with Gasteiger partial charge in [0.05, 0.1) is 12.6 Å². The number of nitrogens with two attached hydrogens (primary N) is 1. The number of nitrogens with zero attached hydrogens (tertiary/aromatic N) is 1. The molecule has 100 valence electrons. The van der Waals surface area contributed by atoms with E-state index < -0.39 is 0 Å². The second-order valence-electron chi connectivity index (χ2n) is 5.17. The first-order valence-corrected chi connectivity index (χ1v) is 6.85. The average Bonchev–Trinajstić information content (AvgIpc) is 2.92. The van der Waals surface area contributed by atoms with Crippen LogP contribution in [-0.4, -0.2) is 32.3 Å². The molecule has 0 amide bonds. The van der Waals surface area contributed by atoms with Gasteiger partial charge in [0.2, 0.25) is 0 Å². The average molecular weight is 248 g/mol. The maximum Gasteiger partial charge on any atom is 0.0670 e. The van der Waals surface area contributed by atoms with E-state index in [1.165, 1.54) is 11.3 Å². The Balaban J connectivity index is 1.98. The van der Waals surface area contributed by atoms with E-state index in [0.29, 0.717) is 6.04 Å². The van der Waals surface area contributed by atoms with Crippen molar-refractivity contribution >= 4 is 5.69 Å². The molecule has 0 aromatic heterocycles. The number of hydrogen-bond acceptors (Lipinski definition) is 3. The number of hydrogen-bond donors (Lipinski definition) is 1. The van der Waals surface area contributed by atoms with Crippen LogP contribution in [0.15, 0.2) is 24.3 Å². The minimum atomic E-state index is 0.275. The third-order valence-corrected chi connectivity index (χ3v) is 3.82. The SMILES string of the molecule is CCC(N)Cc1ccc(N(C)C2CCOC2)cc1. The third kappa shape index (κ3) is 3.24. The summed E-state index contributed by atoms with van der Waals surface area (Å²) in [5, 5.41) is 0. The Kier molecular flexibility index (Phi) is 4.61. The van der Waals surface area contributed by atoms with Crippen molar-refractivity contribution in [3.63, 3.8) is 0 Å². The zero-order chi connectivity index (χ0) is 13.0. The van der Waals surface area contributed by atoms with Crippen molar-refractivity contribution in [3.8, 4) is 0 Å². The van der Waals surface area contributed by atoms with E-state index in [-0.39, 0.29) is 6.04 Å². The highest BCUT2D eigenvalue weighted by Gasteiger charge is 2.20. The monoisotopic (exact) mass is 248 g/mol. The van der Waals surface area contributed by atoms with Gasteiger partial charge in [0, 0.05) is 25.4 Å². The molecule has 1 saturated heterocycles. The van der Waals surface area contributed by atoms with Crippen molar-refractivity contribution in [1.82, 2.24) is 0 Å². The lowest BCUT2D eigenvalue weighted by atomic mass is 10.0. The summed E-state index contributed by atoms with van der Waals surface area (Å²) < 4.78 is 5.43. The first-order valence-electron chi connectivity index (χ1n) is 6.85. The summed E-state index contributed by atoms with van der Waals surface area (Å²) in [6.45, 7) is 3.87. The van der Waals surface area contributed by atoms with Crippen LogP contribution in [0.25, 0.3) is 0 Å². The van der Waals surface area contributed by atoms with Crippen LogP contribution in [0.5, 0.6) is 0 Å². The number of anilines is 1. The van der Waals surface area contributed by atoms with Gasteiger partial charge in [-0.2, -0.15) is 0 Å². The largest absolute Gasteiger partial charge is 0.379 e. The highest BCUT2D eigenvalue weighted by molar-refractivity contribution is 5.48. The van der Waals surface area contributed by atoms with Gasteiger partial charge in [-0.15, -0.1) is 0 Å². The van der Waals surface area contributed by atoms with E-state index in [4.69, 9.17) is 10.5 Å². The van der Waals surface area contributed by atoms with Crippen molar-refractivity contribution < 1.29 is 4.74 Å². The van der Waals surface area contributed by atoms with Crippen molar-refractivity contribution in [2.75, 3.05) is 25.2 Å². The number of rotatable bonds is 5. The Hall–Kier alpha value is -1.06. The van der Waals surface area contributed by atoms with E-state index in [1.54, 1.807) is 0 Å². The summed E-state index contributed by atoms with van der Waals surface area (Å²) in [5.41, 5.74) is 8.56. The van der Waals surface area contributed by atoms with Gasteiger partial charge in [0.25, 0.3) is 0 Å². The number of likely N-dealkylation sites (N-methyl/N-ethyl adjacent to an activating group) is 1. The van der Waals surface area contributed by atoms with Crippen LogP contribution in [0, 0.1) is 0 Å². The fourth-order valence-corrected chi connectivity index (χ4v) is 2.35. The Morgan fingerprint density at radius 3 is 2.67 bits per heavy atom. The molecule has 3 heteroatoms. The lowest BCUT2D eigenvalue weighted by Gasteiger charge is -2.25. The highest BCUT2D eigenvalue weighted by atomic mass is 16.5. The zero-order valence-electron chi connectivity index (χ0n) is 11.4. The topological polar surface area (TPSA) is 38.5 Å². The predicted molar refractivity (Wildman–Crippen MR) is 76.0 cm³/mol. The summed E-state index contributed by atoms with van der Waals surface area (Å²) in [7, 11) is 2.14. The van der Waals surface area contributed by atoms with Gasteiger partial charge in [-0.1, -0.05) is 19.1 Å². The Labute approximate surface area is 110 Å². The minimum Gasteiger partial charge on any atom is -0.379 e. The summed E-state index contributed by atoms with van der Waals surface area (Å²) in [6, 6.07) is 9.56. The molecule has 2 unspecified atom stereocenters. The fourth-order valence-electron chi connectivity index (χ4n) is 2.35. The molecule has 1 aromatic carbocycles. The molecule has 1 heterocycles. The van der Waals surface area contributed by atoms with Crippen LogP contribution in [-0.2, 0) is 11.2 Å². The van der Waals surface area contributed by atoms with E-state index in [2.05, 4.69) is 43.1 Å². The van der Waals surface area contributed by atoms with Crippen molar-refractivity contribution in [1.29, 1.82) is 0 Å². The molecular weight excluding hydrogens is 224 g/mol. The van der Waals surface area contributed by atoms with Gasteiger partial charge in [0.1, 0.15) is 0 Å². The summed E-state index contributed by atoms with van der Waals surface area (Å²) in [4.78, 5) is 2.32. The standard InChI is InChI=1S/C15H24N2O/c1-3-13(16)10-12-4-6-14(7-5-12)17(2)15-8-9-18-11-15/h4-7,13,15H,3,8-11,16H2,1-2H3. The Morgan fingerprint density at radius 2 is 2.11 bits per heavy atom. The third-order valence-electron chi connectivity index (χ3n) is 3.82. The van der Waals surface area contributed by atoms with E-state index in [0.717, 1.165) is 32.5 Å². The fraction of sp³-hybridized carbons (Fsp3) is 0.600. The molecule has 3 nitrogen and oxygen atoms in total. The molecule has 0 radical (unpaired) electrons. The molecule has 1 aromatic rings. The van der Waals surface area contributed by atoms with Crippen molar-refractivity contribution in [2.24, 2.45) is 5.73 Å². The molecule has 1 fully saturated rings. The van der Waals surface area contributed by atoms with Gasteiger partial charge in [-0.05, 0) is 37.0 Å². The van der Waals surface area contributed by atoms with Crippen LogP contribution in [0.3, 0.4) is 0 Å². The predicted octanol–water partition coefficient (Wildman–Crippen LogP) is 2.19. The van der Waals surface area contributed by atoms with E-state index >= 15 is 0 Å². The smallest absolute Gasteiger partial charge is 0.0670 e. The molecule has 2 rings (SSSR count). The molecule has 0 aliphatic carbocycles. The lowest BCUT2D eigenvalue weighted by Crippen LogP contribution is -2.31. The second-order valence-corrected chi connectivity index (χ2v) is 5.17. The molecular formula is C15H24N2O. The first kappa shape index (κ1) is 13.4. The van der Waals surface area contributed by atoms with Crippen LogP contribution < -0.4 is 10.6 Å². The normalized spacial score (nSPS) is 20.9. The Bertz CT molecular complexity index is 357. The maximum absolute atomic E-state index is 5.98. The molecule has 2 atom stereocenters. The van der Waals surface area contributed by atoms with Crippen LogP contribution >= 0.6 is 0 Å². The summed E-state index contributed by atoms with van der Waals surface area (Å²) in [6.07, 6.45) is 3.12. The number of ether oxygens (including phenoxy) is 1. The van der Waals surface area contributed by atoms with Crippen LogP contribution in [0.1, 0.15) is 25.3 Å². The van der Waals surface area contributed by atoms with Crippen molar-refractivity contribution in [2.45, 2.75) is 38.3 Å². The van der Waals surface area contributed by atoms with E-state index in [1.807, 2.05) is 0 Å². The molecule has 1 aliphatic rings. The summed E-state index contributed by atoms with van der Waals surface area (Å²) >= 11 is 0. The van der Waals surface area contributed by atoms with Gasteiger partial charge >= 0.3 is 0 Å². The second kappa shape index (κ2) is 6.21. The molecule has 0 saturated carbocycles.